The maximum absolute atomic E-state index is 12.9. The van der Waals surface area contributed by atoms with Crippen molar-refractivity contribution in [3.8, 4) is 0 Å². The number of halogens is 5. The third-order valence-corrected chi connectivity index (χ3v) is 2.85. The molecule has 1 amide bonds. The summed E-state index contributed by atoms with van der Waals surface area (Å²) < 4.78 is 67.5. The summed E-state index contributed by atoms with van der Waals surface area (Å²) in [6.45, 7) is 1.92. The number of amides is 1. The molecule has 1 saturated heterocycles. The molecule has 1 atom stereocenters. The van der Waals surface area contributed by atoms with Gasteiger partial charge in [-0.2, -0.15) is 22.0 Å². The van der Waals surface area contributed by atoms with Gasteiger partial charge in [-0.05, 0) is 19.3 Å². The van der Waals surface area contributed by atoms with Crippen molar-refractivity contribution in [3.05, 3.63) is 0 Å². The molecule has 3 nitrogen and oxygen atoms in total. The van der Waals surface area contributed by atoms with E-state index in [1.165, 1.54) is 0 Å². The van der Waals surface area contributed by atoms with Gasteiger partial charge in [-0.3, -0.25) is 4.79 Å². The minimum atomic E-state index is -5.86. The maximum Gasteiger partial charge on any atom is 0.463 e. The predicted octanol–water partition coefficient (Wildman–Crippen LogP) is 2.60. The zero-order valence-electron chi connectivity index (χ0n) is 10.5. The fraction of sp³-hybridized carbons (Fsp3) is 0.909. The lowest BCUT2D eigenvalue weighted by Crippen LogP contribution is -2.55. The molecule has 112 valence electrons. The van der Waals surface area contributed by atoms with Gasteiger partial charge in [0.1, 0.15) is 0 Å². The lowest BCUT2D eigenvalue weighted by Gasteiger charge is -2.34. The molecule has 0 N–H and O–H groups in total. The van der Waals surface area contributed by atoms with Crippen LogP contribution in [-0.4, -0.2) is 48.7 Å². The van der Waals surface area contributed by atoms with Crippen LogP contribution in [0.15, 0.2) is 0 Å². The highest BCUT2D eigenvalue weighted by molar-refractivity contribution is 5.84. The Labute approximate surface area is 107 Å². The normalized spacial score (nSPS) is 21.6. The molecule has 1 aliphatic rings. The molecule has 0 spiro atoms. The third kappa shape index (κ3) is 3.77. The zero-order chi connectivity index (χ0) is 14.7. The summed E-state index contributed by atoms with van der Waals surface area (Å²) in [5.41, 5.74) is 0. The second-order valence-corrected chi connectivity index (χ2v) is 4.46. The average Bonchev–Trinajstić information content (AvgIpc) is 2.34. The van der Waals surface area contributed by atoms with E-state index in [1.807, 2.05) is 6.92 Å². The van der Waals surface area contributed by atoms with Crippen molar-refractivity contribution in [2.75, 3.05) is 19.7 Å². The Morgan fingerprint density at radius 1 is 1.32 bits per heavy atom. The first-order valence-corrected chi connectivity index (χ1v) is 6.05. The first kappa shape index (κ1) is 16.1. The lowest BCUT2D eigenvalue weighted by atomic mass is 10.1. The van der Waals surface area contributed by atoms with E-state index in [9.17, 15) is 26.7 Å². The molecule has 1 heterocycles. The summed E-state index contributed by atoms with van der Waals surface area (Å²) in [7, 11) is 0. The van der Waals surface area contributed by atoms with Crippen LogP contribution >= 0.6 is 0 Å². The van der Waals surface area contributed by atoms with E-state index < -0.39 is 24.1 Å². The van der Waals surface area contributed by atoms with E-state index in [-0.39, 0.29) is 13.1 Å². The largest absolute Gasteiger partial charge is 0.463 e. The highest BCUT2D eigenvalue weighted by Crippen LogP contribution is 2.37. The highest BCUT2D eigenvalue weighted by atomic mass is 19.4. The number of hydrogen-bond acceptors (Lipinski definition) is 2. The number of piperidine rings is 1. The molecule has 1 rings (SSSR count). The minimum absolute atomic E-state index is 0.101. The second-order valence-electron chi connectivity index (χ2n) is 4.46. The SMILES string of the molecule is CCCOC1CCCN(C(=O)C(F)(F)C(F)(F)F)C1. The van der Waals surface area contributed by atoms with Crippen LogP contribution in [0.4, 0.5) is 22.0 Å². The number of rotatable bonds is 4. The summed E-state index contributed by atoms with van der Waals surface area (Å²) in [5.74, 6) is -7.52. The number of ether oxygens (including phenoxy) is 1. The van der Waals surface area contributed by atoms with Crippen LogP contribution in [0, 0.1) is 0 Å². The van der Waals surface area contributed by atoms with Gasteiger partial charge < -0.3 is 9.64 Å². The van der Waals surface area contributed by atoms with Gasteiger partial charge >= 0.3 is 18.0 Å². The quantitative estimate of drug-likeness (QED) is 0.745. The smallest absolute Gasteiger partial charge is 0.376 e. The molecule has 0 aromatic heterocycles. The van der Waals surface area contributed by atoms with E-state index in [0.717, 1.165) is 0 Å². The molecule has 8 heteroatoms. The molecule has 0 bridgehead atoms. The molecule has 0 radical (unpaired) electrons. The van der Waals surface area contributed by atoms with Crippen LogP contribution < -0.4 is 0 Å². The summed E-state index contributed by atoms with van der Waals surface area (Å²) in [5, 5.41) is 0. The van der Waals surface area contributed by atoms with E-state index in [2.05, 4.69) is 0 Å². The molecular formula is C11H16F5NO2. The average molecular weight is 289 g/mol. The van der Waals surface area contributed by atoms with Crippen molar-refractivity contribution in [1.82, 2.24) is 4.90 Å². The van der Waals surface area contributed by atoms with E-state index in [4.69, 9.17) is 4.74 Å². The van der Waals surface area contributed by atoms with E-state index in [0.29, 0.717) is 30.8 Å². The van der Waals surface area contributed by atoms with Crippen LogP contribution in [0.25, 0.3) is 0 Å². The molecule has 0 aromatic carbocycles. The van der Waals surface area contributed by atoms with Crippen molar-refractivity contribution in [2.24, 2.45) is 0 Å². The molecule has 1 aliphatic heterocycles. The molecule has 19 heavy (non-hydrogen) atoms. The van der Waals surface area contributed by atoms with Crippen molar-refractivity contribution < 1.29 is 31.5 Å². The van der Waals surface area contributed by atoms with Gasteiger partial charge in [0.05, 0.1) is 6.10 Å². The van der Waals surface area contributed by atoms with Gasteiger partial charge in [-0.1, -0.05) is 6.92 Å². The number of alkyl halides is 5. The third-order valence-electron chi connectivity index (χ3n) is 2.85. The van der Waals surface area contributed by atoms with Crippen LogP contribution in [0.3, 0.4) is 0 Å². The topological polar surface area (TPSA) is 29.5 Å². The minimum Gasteiger partial charge on any atom is -0.376 e. The molecule has 0 aliphatic carbocycles. The number of carbonyl (C=O) groups is 1. The monoisotopic (exact) mass is 289 g/mol. The Morgan fingerprint density at radius 2 is 1.95 bits per heavy atom. The molecular weight excluding hydrogens is 273 g/mol. The highest BCUT2D eigenvalue weighted by Gasteiger charge is 2.64. The Hall–Kier alpha value is -0.920. The number of hydrogen-bond donors (Lipinski definition) is 0. The van der Waals surface area contributed by atoms with Crippen molar-refractivity contribution >= 4 is 5.91 Å². The Balaban J connectivity index is 2.67. The summed E-state index contributed by atoms with van der Waals surface area (Å²) in [6, 6.07) is 0. The van der Waals surface area contributed by atoms with Gasteiger partial charge in [-0.25, -0.2) is 0 Å². The van der Waals surface area contributed by atoms with Gasteiger partial charge in [0.2, 0.25) is 0 Å². The molecule has 1 fully saturated rings. The van der Waals surface area contributed by atoms with Crippen LogP contribution in [0.1, 0.15) is 26.2 Å². The molecule has 0 saturated carbocycles. The van der Waals surface area contributed by atoms with Gasteiger partial charge in [0, 0.05) is 19.7 Å². The van der Waals surface area contributed by atoms with Crippen LogP contribution in [0.5, 0.6) is 0 Å². The predicted molar refractivity (Wildman–Crippen MR) is 56.8 cm³/mol. The summed E-state index contributed by atoms with van der Waals surface area (Å²) in [6.07, 6.45) is -4.71. The fourth-order valence-electron chi connectivity index (χ4n) is 1.86. The zero-order valence-corrected chi connectivity index (χ0v) is 10.5. The van der Waals surface area contributed by atoms with Crippen LogP contribution in [-0.2, 0) is 9.53 Å². The Kier molecular flexibility index (Phi) is 5.11. The maximum atomic E-state index is 12.9. The number of carbonyl (C=O) groups excluding carboxylic acids is 1. The van der Waals surface area contributed by atoms with Crippen molar-refractivity contribution in [3.63, 3.8) is 0 Å². The first-order chi connectivity index (χ1) is 8.70. The van der Waals surface area contributed by atoms with Crippen molar-refractivity contribution in [1.29, 1.82) is 0 Å². The van der Waals surface area contributed by atoms with E-state index >= 15 is 0 Å². The standard InChI is InChI=1S/C11H16F5NO2/c1-2-6-19-8-4-3-5-17(7-8)9(18)10(12,13)11(14,15)16/h8H,2-7H2,1H3. The molecule has 1 unspecified atom stereocenters. The van der Waals surface area contributed by atoms with Gasteiger partial charge in [-0.15, -0.1) is 0 Å². The summed E-state index contributed by atoms with van der Waals surface area (Å²) >= 11 is 0. The lowest BCUT2D eigenvalue weighted by molar-refractivity contribution is -0.275. The van der Waals surface area contributed by atoms with Gasteiger partial charge in [0.15, 0.2) is 0 Å². The summed E-state index contributed by atoms with van der Waals surface area (Å²) in [4.78, 5) is 11.8. The van der Waals surface area contributed by atoms with Crippen LogP contribution in [0.2, 0.25) is 0 Å². The fourth-order valence-corrected chi connectivity index (χ4v) is 1.86. The number of likely N-dealkylation sites (tertiary alicyclic amines) is 1. The molecule has 0 aromatic rings. The van der Waals surface area contributed by atoms with Crippen molar-refractivity contribution in [2.45, 2.75) is 44.4 Å². The Bertz CT molecular complexity index is 319. The first-order valence-electron chi connectivity index (χ1n) is 6.05. The van der Waals surface area contributed by atoms with Gasteiger partial charge in [0.25, 0.3) is 0 Å². The van der Waals surface area contributed by atoms with E-state index in [1.54, 1.807) is 0 Å². The number of nitrogens with zero attached hydrogens (tertiary/aromatic N) is 1. The second kappa shape index (κ2) is 6.02. The Morgan fingerprint density at radius 3 is 2.47 bits per heavy atom.